The van der Waals surface area contributed by atoms with Crippen molar-refractivity contribution in [3.63, 3.8) is 0 Å². The van der Waals surface area contributed by atoms with Crippen LogP contribution in [-0.4, -0.2) is 12.5 Å². The predicted octanol–water partition coefficient (Wildman–Crippen LogP) is 1.78. The summed E-state index contributed by atoms with van der Waals surface area (Å²) in [5.74, 6) is 4.99. The summed E-state index contributed by atoms with van der Waals surface area (Å²) >= 11 is 1.57. The summed E-state index contributed by atoms with van der Waals surface area (Å²) in [6.45, 7) is 0. The van der Waals surface area contributed by atoms with Gasteiger partial charge in [0.05, 0.1) is 6.04 Å². The van der Waals surface area contributed by atoms with E-state index in [9.17, 15) is 8.78 Å². The van der Waals surface area contributed by atoms with Crippen LogP contribution in [0.1, 0.15) is 11.3 Å². The molecule has 0 aliphatic heterocycles. The number of rotatable bonds is 5. The standard InChI is InChI=1S/C8H12F2N2S/c9-8(10)7(12-11)4-3-6-2-1-5-13-6/h1-2,5,7-8,12H,3-4,11H2. The van der Waals surface area contributed by atoms with Crippen LogP contribution in [0, 0.1) is 0 Å². The van der Waals surface area contributed by atoms with Crippen LogP contribution in [0.15, 0.2) is 17.5 Å². The quantitative estimate of drug-likeness (QED) is 0.569. The lowest BCUT2D eigenvalue weighted by molar-refractivity contribution is 0.0946. The van der Waals surface area contributed by atoms with E-state index in [1.165, 1.54) is 0 Å². The molecular weight excluding hydrogens is 194 g/mol. The predicted molar refractivity (Wildman–Crippen MR) is 49.8 cm³/mol. The third kappa shape index (κ3) is 3.38. The molecule has 0 saturated heterocycles. The van der Waals surface area contributed by atoms with E-state index in [2.05, 4.69) is 5.43 Å². The van der Waals surface area contributed by atoms with Crippen LogP contribution in [0.5, 0.6) is 0 Å². The number of nitrogens with two attached hydrogens (primary N) is 1. The Morgan fingerprint density at radius 1 is 1.54 bits per heavy atom. The Labute approximate surface area is 79.7 Å². The first-order valence-corrected chi connectivity index (χ1v) is 4.88. The number of nitrogens with one attached hydrogen (secondary N) is 1. The fourth-order valence-corrected chi connectivity index (χ4v) is 1.76. The van der Waals surface area contributed by atoms with Gasteiger partial charge in [-0.25, -0.2) is 8.78 Å². The lowest BCUT2D eigenvalue weighted by atomic mass is 10.1. The zero-order valence-electron chi connectivity index (χ0n) is 7.04. The maximum absolute atomic E-state index is 12.2. The first-order chi connectivity index (χ1) is 6.24. The van der Waals surface area contributed by atoms with E-state index in [0.29, 0.717) is 12.8 Å². The maximum Gasteiger partial charge on any atom is 0.255 e. The Morgan fingerprint density at radius 2 is 2.31 bits per heavy atom. The maximum atomic E-state index is 12.2. The second kappa shape index (κ2) is 5.26. The molecule has 13 heavy (non-hydrogen) atoms. The molecule has 74 valence electrons. The van der Waals surface area contributed by atoms with Gasteiger partial charge in [-0.05, 0) is 24.3 Å². The largest absolute Gasteiger partial charge is 0.271 e. The average molecular weight is 206 g/mol. The Morgan fingerprint density at radius 3 is 2.77 bits per heavy atom. The Kier molecular flexibility index (Phi) is 4.27. The van der Waals surface area contributed by atoms with Crippen molar-refractivity contribution in [3.05, 3.63) is 22.4 Å². The lowest BCUT2D eigenvalue weighted by Gasteiger charge is -2.13. The smallest absolute Gasteiger partial charge is 0.255 e. The van der Waals surface area contributed by atoms with Crippen LogP contribution < -0.4 is 11.3 Å². The summed E-state index contributed by atoms with van der Waals surface area (Å²) in [7, 11) is 0. The Bertz CT molecular complexity index is 226. The SMILES string of the molecule is NNC(CCc1cccs1)C(F)F. The molecule has 2 nitrogen and oxygen atoms in total. The number of alkyl halides is 2. The molecule has 1 heterocycles. The van der Waals surface area contributed by atoms with E-state index in [1.807, 2.05) is 17.5 Å². The minimum Gasteiger partial charge on any atom is -0.271 e. The molecule has 3 N–H and O–H groups in total. The van der Waals surface area contributed by atoms with Gasteiger partial charge >= 0.3 is 0 Å². The Balaban J connectivity index is 2.32. The first-order valence-electron chi connectivity index (χ1n) is 4.00. The van der Waals surface area contributed by atoms with E-state index in [4.69, 9.17) is 5.84 Å². The van der Waals surface area contributed by atoms with Crippen LogP contribution in [0.4, 0.5) is 8.78 Å². The van der Waals surface area contributed by atoms with Crippen LogP contribution in [0.25, 0.3) is 0 Å². The van der Waals surface area contributed by atoms with Crippen molar-refractivity contribution in [1.29, 1.82) is 0 Å². The lowest BCUT2D eigenvalue weighted by Crippen LogP contribution is -2.40. The van der Waals surface area contributed by atoms with Gasteiger partial charge in [-0.2, -0.15) is 0 Å². The van der Waals surface area contributed by atoms with Crippen LogP contribution in [0.2, 0.25) is 0 Å². The summed E-state index contributed by atoms with van der Waals surface area (Å²) in [5.41, 5.74) is 2.12. The van der Waals surface area contributed by atoms with Crippen molar-refractivity contribution in [2.45, 2.75) is 25.3 Å². The highest BCUT2D eigenvalue weighted by Crippen LogP contribution is 2.14. The van der Waals surface area contributed by atoms with Crippen molar-refractivity contribution < 1.29 is 8.78 Å². The average Bonchev–Trinajstić information content (AvgIpc) is 2.57. The van der Waals surface area contributed by atoms with Gasteiger partial charge in [0, 0.05) is 4.88 Å². The van der Waals surface area contributed by atoms with Crippen LogP contribution >= 0.6 is 11.3 Å². The zero-order chi connectivity index (χ0) is 9.68. The minimum atomic E-state index is -2.40. The van der Waals surface area contributed by atoms with Gasteiger partial charge in [0.15, 0.2) is 0 Å². The van der Waals surface area contributed by atoms with Gasteiger partial charge in [0.2, 0.25) is 0 Å². The summed E-state index contributed by atoms with van der Waals surface area (Å²) < 4.78 is 24.4. The number of hydrazine groups is 1. The molecule has 1 rings (SSSR count). The number of halogens is 2. The van der Waals surface area contributed by atoms with Gasteiger partial charge in [-0.3, -0.25) is 11.3 Å². The second-order valence-electron chi connectivity index (χ2n) is 2.73. The van der Waals surface area contributed by atoms with E-state index in [-0.39, 0.29) is 0 Å². The summed E-state index contributed by atoms with van der Waals surface area (Å²) in [5, 5.41) is 1.93. The fraction of sp³-hybridized carbons (Fsp3) is 0.500. The highest BCUT2D eigenvalue weighted by Gasteiger charge is 2.17. The molecule has 0 fully saturated rings. The van der Waals surface area contributed by atoms with E-state index in [0.717, 1.165) is 4.88 Å². The molecule has 0 saturated carbocycles. The first kappa shape index (κ1) is 10.6. The van der Waals surface area contributed by atoms with Crippen molar-refractivity contribution in [2.75, 3.05) is 0 Å². The third-order valence-corrected chi connectivity index (χ3v) is 2.74. The molecular formula is C8H12F2N2S. The molecule has 0 spiro atoms. The molecule has 0 aromatic carbocycles. The molecule has 1 aromatic rings. The number of thiophene rings is 1. The van der Waals surface area contributed by atoms with E-state index < -0.39 is 12.5 Å². The minimum absolute atomic E-state index is 0.370. The number of hydrogen-bond acceptors (Lipinski definition) is 3. The van der Waals surface area contributed by atoms with E-state index >= 15 is 0 Å². The normalized spacial score (nSPS) is 13.5. The van der Waals surface area contributed by atoms with Gasteiger partial charge in [0.1, 0.15) is 0 Å². The van der Waals surface area contributed by atoms with Gasteiger partial charge in [-0.15, -0.1) is 11.3 Å². The summed E-state index contributed by atoms with van der Waals surface area (Å²) in [6.07, 6.45) is -1.38. The highest BCUT2D eigenvalue weighted by molar-refractivity contribution is 7.09. The molecule has 0 aliphatic carbocycles. The number of aryl methyl sites for hydroxylation is 1. The third-order valence-electron chi connectivity index (χ3n) is 1.80. The van der Waals surface area contributed by atoms with Crippen molar-refractivity contribution in [1.82, 2.24) is 5.43 Å². The number of hydrogen-bond donors (Lipinski definition) is 2. The monoisotopic (exact) mass is 206 g/mol. The van der Waals surface area contributed by atoms with Crippen molar-refractivity contribution in [3.8, 4) is 0 Å². The topological polar surface area (TPSA) is 38.0 Å². The van der Waals surface area contributed by atoms with Gasteiger partial charge in [-0.1, -0.05) is 6.07 Å². The fourth-order valence-electron chi connectivity index (χ4n) is 1.03. The van der Waals surface area contributed by atoms with E-state index in [1.54, 1.807) is 11.3 Å². The van der Waals surface area contributed by atoms with Crippen molar-refractivity contribution in [2.24, 2.45) is 5.84 Å². The van der Waals surface area contributed by atoms with Crippen LogP contribution in [0.3, 0.4) is 0 Å². The molecule has 0 amide bonds. The Hall–Kier alpha value is -0.520. The molecule has 5 heteroatoms. The molecule has 0 aliphatic rings. The molecule has 1 aromatic heterocycles. The van der Waals surface area contributed by atoms with Crippen LogP contribution in [-0.2, 0) is 6.42 Å². The zero-order valence-corrected chi connectivity index (χ0v) is 7.86. The highest BCUT2D eigenvalue weighted by atomic mass is 32.1. The molecule has 0 radical (unpaired) electrons. The summed E-state index contributed by atoms with van der Waals surface area (Å²) in [6, 6.07) is 2.94. The molecule has 0 bridgehead atoms. The van der Waals surface area contributed by atoms with Gasteiger partial charge in [0.25, 0.3) is 6.43 Å². The van der Waals surface area contributed by atoms with Crippen molar-refractivity contribution >= 4 is 11.3 Å². The second-order valence-corrected chi connectivity index (χ2v) is 3.76. The van der Waals surface area contributed by atoms with Gasteiger partial charge < -0.3 is 0 Å². The summed E-state index contributed by atoms with van der Waals surface area (Å²) in [4.78, 5) is 1.11. The molecule has 1 unspecified atom stereocenters. The molecule has 1 atom stereocenters.